The molecule has 0 aliphatic carbocycles. The van der Waals surface area contributed by atoms with Gasteiger partial charge >= 0.3 is 11.9 Å². The van der Waals surface area contributed by atoms with Gasteiger partial charge in [0.2, 0.25) is 6.29 Å². The van der Waals surface area contributed by atoms with Gasteiger partial charge in [0.05, 0.1) is 0 Å². The number of carbonyl (C=O) groups is 2. The molecule has 0 aromatic rings. The normalized spacial score (nSPS) is 9.85. The van der Waals surface area contributed by atoms with Gasteiger partial charge < -0.3 is 9.47 Å². The number of hydrogen-bond acceptors (Lipinski definition) is 4. The molecule has 13 heavy (non-hydrogen) atoms. The van der Waals surface area contributed by atoms with Gasteiger partial charge in [-0.1, -0.05) is 20.8 Å². The zero-order valence-electron chi connectivity index (χ0n) is 8.33. The van der Waals surface area contributed by atoms with E-state index in [1.54, 1.807) is 20.8 Å². The van der Waals surface area contributed by atoms with Crippen molar-refractivity contribution in [2.24, 2.45) is 0 Å². The van der Waals surface area contributed by atoms with Crippen LogP contribution in [0.25, 0.3) is 0 Å². The molecule has 0 aromatic heterocycles. The molecule has 0 spiro atoms. The molecule has 4 heteroatoms. The Bertz CT molecular complexity index is 158. The van der Waals surface area contributed by atoms with Crippen molar-refractivity contribution in [1.29, 1.82) is 0 Å². The molecular weight excluding hydrogens is 172 g/mol. The first kappa shape index (κ1) is 11.9. The fourth-order valence-electron chi connectivity index (χ4n) is 0.651. The highest BCUT2D eigenvalue weighted by molar-refractivity contribution is 5.70. The van der Waals surface area contributed by atoms with Crippen LogP contribution < -0.4 is 0 Å². The van der Waals surface area contributed by atoms with Crippen molar-refractivity contribution >= 4 is 11.9 Å². The van der Waals surface area contributed by atoms with Crippen LogP contribution in [0.15, 0.2) is 0 Å². The van der Waals surface area contributed by atoms with Crippen molar-refractivity contribution in [1.82, 2.24) is 0 Å². The quantitative estimate of drug-likeness (QED) is 0.486. The van der Waals surface area contributed by atoms with Gasteiger partial charge in [-0.15, -0.1) is 0 Å². The topological polar surface area (TPSA) is 52.6 Å². The van der Waals surface area contributed by atoms with Gasteiger partial charge in [0.15, 0.2) is 0 Å². The highest BCUT2D eigenvalue weighted by Gasteiger charge is 2.14. The maximum atomic E-state index is 10.8. The van der Waals surface area contributed by atoms with Crippen molar-refractivity contribution in [3.8, 4) is 0 Å². The largest absolute Gasteiger partial charge is 0.425 e. The summed E-state index contributed by atoms with van der Waals surface area (Å²) < 4.78 is 9.68. The van der Waals surface area contributed by atoms with E-state index in [0.717, 1.165) is 0 Å². The van der Waals surface area contributed by atoms with Crippen LogP contribution in [-0.4, -0.2) is 18.2 Å². The van der Waals surface area contributed by atoms with Crippen LogP contribution in [-0.2, 0) is 19.1 Å². The monoisotopic (exact) mass is 188 g/mol. The molecule has 0 atom stereocenters. The SMILES string of the molecule is CCC(=O)OC(CC)OC(=O)CC. The standard InChI is InChI=1S/C9H16O4/c1-4-7(10)12-9(6-3)13-8(11)5-2/h9H,4-6H2,1-3H3. The van der Waals surface area contributed by atoms with E-state index in [0.29, 0.717) is 19.3 Å². The average Bonchev–Trinajstić information content (AvgIpc) is 2.16. The molecular formula is C9H16O4. The van der Waals surface area contributed by atoms with Gasteiger partial charge in [-0.25, -0.2) is 0 Å². The third-order valence-electron chi connectivity index (χ3n) is 1.44. The number of carbonyl (C=O) groups excluding carboxylic acids is 2. The van der Waals surface area contributed by atoms with Crippen LogP contribution in [0.5, 0.6) is 0 Å². The maximum Gasteiger partial charge on any atom is 0.308 e. The predicted molar refractivity (Wildman–Crippen MR) is 46.8 cm³/mol. The Labute approximate surface area is 78.2 Å². The number of esters is 2. The summed E-state index contributed by atoms with van der Waals surface area (Å²) in [4.78, 5) is 21.7. The third kappa shape index (κ3) is 5.22. The summed E-state index contributed by atoms with van der Waals surface area (Å²) >= 11 is 0. The number of ether oxygens (including phenoxy) is 2. The van der Waals surface area contributed by atoms with E-state index >= 15 is 0 Å². The minimum atomic E-state index is -0.722. The zero-order valence-corrected chi connectivity index (χ0v) is 8.33. The first-order chi connectivity index (χ1) is 6.13. The molecule has 0 saturated heterocycles. The lowest BCUT2D eigenvalue weighted by atomic mass is 10.4. The molecule has 0 saturated carbocycles. The molecule has 0 aliphatic rings. The Balaban J connectivity index is 3.89. The summed E-state index contributed by atoms with van der Waals surface area (Å²) in [7, 11) is 0. The van der Waals surface area contributed by atoms with Crippen LogP contribution in [0.1, 0.15) is 40.0 Å². The summed E-state index contributed by atoms with van der Waals surface area (Å²) in [5.74, 6) is -0.702. The van der Waals surface area contributed by atoms with E-state index in [4.69, 9.17) is 9.47 Å². The maximum absolute atomic E-state index is 10.8. The lowest BCUT2D eigenvalue weighted by molar-refractivity contribution is -0.187. The van der Waals surface area contributed by atoms with E-state index in [1.165, 1.54) is 0 Å². The molecule has 0 fully saturated rings. The minimum absolute atomic E-state index is 0.292. The van der Waals surface area contributed by atoms with E-state index < -0.39 is 6.29 Å². The molecule has 0 rings (SSSR count). The van der Waals surface area contributed by atoms with Crippen molar-refractivity contribution in [2.45, 2.75) is 46.3 Å². The lowest BCUT2D eigenvalue weighted by Gasteiger charge is -2.15. The van der Waals surface area contributed by atoms with Crippen molar-refractivity contribution in [3.05, 3.63) is 0 Å². The average molecular weight is 188 g/mol. The Morgan fingerprint density at radius 3 is 1.62 bits per heavy atom. The second-order valence-corrected chi connectivity index (χ2v) is 2.52. The second-order valence-electron chi connectivity index (χ2n) is 2.52. The van der Waals surface area contributed by atoms with Gasteiger partial charge in [0.1, 0.15) is 0 Å². The molecule has 76 valence electrons. The van der Waals surface area contributed by atoms with Crippen LogP contribution in [0.4, 0.5) is 0 Å². The minimum Gasteiger partial charge on any atom is -0.425 e. The van der Waals surface area contributed by atoms with E-state index in [1.807, 2.05) is 0 Å². The molecule has 4 nitrogen and oxygen atoms in total. The smallest absolute Gasteiger partial charge is 0.308 e. The highest BCUT2D eigenvalue weighted by atomic mass is 16.7. The number of rotatable bonds is 5. The fraction of sp³-hybridized carbons (Fsp3) is 0.778. The Morgan fingerprint density at radius 1 is 1.00 bits per heavy atom. The van der Waals surface area contributed by atoms with Gasteiger partial charge in [-0.3, -0.25) is 9.59 Å². The molecule has 0 amide bonds. The summed E-state index contributed by atoms with van der Waals surface area (Å²) in [6.45, 7) is 5.17. The van der Waals surface area contributed by atoms with Gasteiger partial charge in [-0.05, 0) is 0 Å². The summed E-state index contributed by atoms with van der Waals surface area (Å²) in [6.07, 6.45) is 0.345. The van der Waals surface area contributed by atoms with Crippen molar-refractivity contribution < 1.29 is 19.1 Å². The molecule has 0 aliphatic heterocycles. The fourth-order valence-corrected chi connectivity index (χ4v) is 0.651. The molecule has 0 aromatic carbocycles. The van der Waals surface area contributed by atoms with Crippen molar-refractivity contribution in [3.63, 3.8) is 0 Å². The lowest BCUT2D eigenvalue weighted by Crippen LogP contribution is -2.23. The van der Waals surface area contributed by atoms with Crippen LogP contribution in [0, 0.1) is 0 Å². The van der Waals surface area contributed by atoms with E-state index in [-0.39, 0.29) is 11.9 Å². The van der Waals surface area contributed by atoms with Gasteiger partial charge in [0.25, 0.3) is 0 Å². The summed E-state index contributed by atoms with van der Waals surface area (Å²) in [5.41, 5.74) is 0. The Hall–Kier alpha value is -1.06. The van der Waals surface area contributed by atoms with Crippen molar-refractivity contribution in [2.75, 3.05) is 0 Å². The second kappa shape index (κ2) is 6.46. The first-order valence-electron chi connectivity index (χ1n) is 4.52. The Morgan fingerprint density at radius 2 is 1.38 bits per heavy atom. The molecule has 0 N–H and O–H groups in total. The first-order valence-corrected chi connectivity index (χ1v) is 4.52. The predicted octanol–water partition coefficient (Wildman–Crippen LogP) is 1.63. The third-order valence-corrected chi connectivity index (χ3v) is 1.44. The van der Waals surface area contributed by atoms with Crippen LogP contribution in [0.3, 0.4) is 0 Å². The summed E-state index contributed by atoms with van der Waals surface area (Å²) in [6, 6.07) is 0. The van der Waals surface area contributed by atoms with Gasteiger partial charge in [0, 0.05) is 19.3 Å². The Kier molecular flexibility index (Phi) is 5.93. The summed E-state index contributed by atoms with van der Waals surface area (Å²) in [5, 5.41) is 0. The molecule has 0 unspecified atom stereocenters. The van der Waals surface area contributed by atoms with E-state index in [2.05, 4.69) is 0 Å². The zero-order chi connectivity index (χ0) is 10.3. The van der Waals surface area contributed by atoms with E-state index in [9.17, 15) is 9.59 Å². The molecule has 0 radical (unpaired) electrons. The molecule has 0 heterocycles. The number of hydrogen-bond donors (Lipinski definition) is 0. The van der Waals surface area contributed by atoms with Crippen LogP contribution in [0.2, 0.25) is 0 Å². The molecule has 0 bridgehead atoms. The van der Waals surface area contributed by atoms with Crippen LogP contribution >= 0.6 is 0 Å². The highest BCUT2D eigenvalue weighted by Crippen LogP contribution is 2.03. The van der Waals surface area contributed by atoms with Gasteiger partial charge in [-0.2, -0.15) is 0 Å².